The molecular weight excluding hydrogens is 373 g/mol. The topological polar surface area (TPSA) is 38.3 Å². The fourth-order valence-electron chi connectivity index (χ4n) is 2.40. The largest absolute Gasteiger partial charge is 0.488 e. The fraction of sp³-hybridized carbons (Fsp3) is 0.316. The molecule has 2 rings (SSSR count). The highest BCUT2D eigenvalue weighted by molar-refractivity contribution is 9.10. The summed E-state index contributed by atoms with van der Waals surface area (Å²) in [6.07, 6.45) is 1.27. The molecule has 24 heavy (non-hydrogen) atoms. The van der Waals surface area contributed by atoms with Crippen molar-refractivity contribution in [1.82, 2.24) is 0 Å². The summed E-state index contributed by atoms with van der Waals surface area (Å²) in [7, 11) is 0. The first-order valence-corrected chi connectivity index (χ1v) is 8.74. The normalized spacial score (nSPS) is 10.5. The molecule has 0 aliphatic heterocycles. The van der Waals surface area contributed by atoms with Crippen LogP contribution in [0.4, 0.5) is 10.1 Å². The number of benzene rings is 2. The van der Waals surface area contributed by atoms with Gasteiger partial charge < -0.3 is 10.1 Å². The summed E-state index contributed by atoms with van der Waals surface area (Å²) < 4.78 is 20.8. The van der Waals surface area contributed by atoms with Crippen LogP contribution in [0.1, 0.15) is 37.0 Å². The maximum atomic E-state index is 14.2. The number of aryl methyl sites for hydroxylation is 2. The Balaban J connectivity index is 2.23. The number of nitrogens with one attached hydrogen (secondary N) is 1. The van der Waals surface area contributed by atoms with E-state index in [4.69, 9.17) is 4.74 Å². The lowest BCUT2D eigenvalue weighted by molar-refractivity contribution is -0.115. The Morgan fingerprint density at radius 1 is 1.29 bits per heavy atom. The van der Waals surface area contributed by atoms with Gasteiger partial charge >= 0.3 is 0 Å². The van der Waals surface area contributed by atoms with Gasteiger partial charge in [0.25, 0.3) is 0 Å². The summed E-state index contributed by atoms with van der Waals surface area (Å²) >= 11 is 3.50. The van der Waals surface area contributed by atoms with E-state index in [9.17, 15) is 9.18 Å². The van der Waals surface area contributed by atoms with Gasteiger partial charge in [0.05, 0.1) is 10.2 Å². The third-order valence-electron chi connectivity index (χ3n) is 3.86. The van der Waals surface area contributed by atoms with Gasteiger partial charge in [0.1, 0.15) is 18.2 Å². The number of ether oxygens (including phenoxy) is 1. The number of carbonyl (C=O) groups is 1. The van der Waals surface area contributed by atoms with Gasteiger partial charge in [-0.15, -0.1) is 0 Å². The second-order valence-corrected chi connectivity index (χ2v) is 6.37. The predicted octanol–water partition coefficient (Wildman–Crippen LogP) is 5.39. The zero-order chi connectivity index (χ0) is 17.7. The highest BCUT2D eigenvalue weighted by Gasteiger charge is 2.13. The molecule has 0 aliphatic carbocycles. The summed E-state index contributed by atoms with van der Waals surface area (Å²) in [6, 6.07) is 8.57. The lowest BCUT2D eigenvalue weighted by atomic mass is 10.1. The first-order valence-electron chi connectivity index (χ1n) is 7.95. The Morgan fingerprint density at radius 3 is 2.71 bits per heavy atom. The van der Waals surface area contributed by atoms with Crippen LogP contribution in [0.5, 0.6) is 5.75 Å². The summed E-state index contributed by atoms with van der Waals surface area (Å²) in [5, 5.41) is 2.71. The van der Waals surface area contributed by atoms with Crippen LogP contribution in [0.25, 0.3) is 0 Å². The van der Waals surface area contributed by atoms with E-state index in [1.165, 1.54) is 11.6 Å². The van der Waals surface area contributed by atoms with Gasteiger partial charge in [-0.3, -0.25) is 4.79 Å². The van der Waals surface area contributed by atoms with E-state index in [0.29, 0.717) is 23.4 Å². The van der Waals surface area contributed by atoms with Gasteiger partial charge in [0, 0.05) is 12.0 Å². The SMILES string of the molecule is CCC(=O)Nc1cccc(F)c1COc1cc(C)c(CC)cc1Br. The van der Waals surface area contributed by atoms with Crippen molar-refractivity contribution < 1.29 is 13.9 Å². The van der Waals surface area contributed by atoms with Crippen LogP contribution < -0.4 is 10.1 Å². The molecule has 0 fully saturated rings. The van der Waals surface area contributed by atoms with Gasteiger partial charge in [-0.2, -0.15) is 0 Å². The standard InChI is InChI=1S/C19H21BrFNO2/c1-4-13-10-15(20)18(9-12(13)3)24-11-14-16(21)7-6-8-17(14)22-19(23)5-2/h6-10H,4-5,11H2,1-3H3,(H,22,23). The van der Waals surface area contributed by atoms with E-state index in [2.05, 4.69) is 28.2 Å². The molecule has 0 aliphatic rings. The van der Waals surface area contributed by atoms with Crippen molar-refractivity contribution in [3.8, 4) is 5.75 Å². The molecular formula is C19H21BrFNO2. The molecule has 1 N–H and O–H groups in total. The highest BCUT2D eigenvalue weighted by atomic mass is 79.9. The summed E-state index contributed by atoms with van der Waals surface area (Å²) in [6.45, 7) is 5.90. The van der Waals surface area contributed by atoms with E-state index >= 15 is 0 Å². The minimum absolute atomic E-state index is 0.0372. The molecule has 0 saturated heterocycles. The third-order valence-corrected chi connectivity index (χ3v) is 4.48. The van der Waals surface area contributed by atoms with Crippen LogP contribution in [0.2, 0.25) is 0 Å². The maximum absolute atomic E-state index is 14.2. The molecule has 5 heteroatoms. The van der Waals surface area contributed by atoms with Crippen LogP contribution in [0.15, 0.2) is 34.8 Å². The second-order valence-electron chi connectivity index (χ2n) is 5.52. The van der Waals surface area contributed by atoms with Crippen molar-refractivity contribution in [2.45, 2.75) is 40.2 Å². The molecule has 0 aromatic heterocycles. The predicted molar refractivity (Wildman–Crippen MR) is 97.9 cm³/mol. The highest BCUT2D eigenvalue weighted by Crippen LogP contribution is 2.30. The van der Waals surface area contributed by atoms with Gasteiger partial charge in [0.15, 0.2) is 0 Å². The van der Waals surface area contributed by atoms with E-state index in [0.717, 1.165) is 16.5 Å². The van der Waals surface area contributed by atoms with Crippen LogP contribution >= 0.6 is 15.9 Å². The van der Waals surface area contributed by atoms with Gasteiger partial charge in [-0.05, 0) is 64.7 Å². The molecule has 0 radical (unpaired) electrons. The molecule has 0 saturated carbocycles. The van der Waals surface area contributed by atoms with Crippen molar-refractivity contribution in [1.29, 1.82) is 0 Å². The number of rotatable bonds is 6. The lowest BCUT2D eigenvalue weighted by Crippen LogP contribution is -2.13. The Labute approximate surface area is 150 Å². The van der Waals surface area contributed by atoms with Crippen LogP contribution in [0.3, 0.4) is 0 Å². The molecule has 1 amide bonds. The molecule has 0 spiro atoms. The van der Waals surface area contributed by atoms with Crippen molar-refractivity contribution in [3.63, 3.8) is 0 Å². The number of carbonyl (C=O) groups excluding carboxylic acids is 1. The molecule has 128 valence electrons. The molecule has 0 unspecified atom stereocenters. The van der Waals surface area contributed by atoms with Gasteiger partial charge in [-0.1, -0.05) is 19.9 Å². The van der Waals surface area contributed by atoms with Crippen molar-refractivity contribution in [3.05, 3.63) is 57.3 Å². The summed E-state index contributed by atoms with van der Waals surface area (Å²) in [4.78, 5) is 11.6. The minimum atomic E-state index is -0.401. The second kappa shape index (κ2) is 8.29. The fourth-order valence-corrected chi connectivity index (χ4v) is 2.90. The maximum Gasteiger partial charge on any atom is 0.224 e. The lowest BCUT2D eigenvalue weighted by Gasteiger charge is -2.15. The van der Waals surface area contributed by atoms with Crippen LogP contribution in [-0.4, -0.2) is 5.91 Å². The Morgan fingerprint density at radius 2 is 2.04 bits per heavy atom. The smallest absolute Gasteiger partial charge is 0.224 e. The third kappa shape index (κ3) is 4.35. The Hall–Kier alpha value is -1.88. The van der Waals surface area contributed by atoms with E-state index in [-0.39, 0.29) is 12.5 Å². The number of halogens is 2. The van der Waals surface area contributed by atoms with Gasteiger partial charge in [0.2, 0.25) is 5.91 Å². The molecule has 3 nitrogen and oxygen atoms in total. The van der Waals surface area contributed by atoms with Crippen molar-refractivity contribution in [2.24, 2.45) is 0 Å². The van der Waals surface area contributed by atoms with Crippen molar-refractivity contribution >= 4 is 27.5 Å². The zero-order valence-electron chi connectivity index (χ0n) is 14.1. The Bertz CT molecular complexity index is 746. The van der Waals surface area contributed by atoms with E-state index < -0.39 is 5.82 Å². The average molecular weight is 394 g/mol. The van der Waals surface area contributed by atoms with E-state index in [1.54, 1.807) is 19.1 Å². The van der Waals surface area contributed by atoms with Gasteiger partial charge in [-0.25, -0.2) is 4.39 Å². The minimum Gasteiger partial charge on any atom is -0.488 e. The van der Waals surface area contributed by atoms with Crippen LogP contribution in [0, 0.1) is 12.7 Å². The molecule has 0 atom stereocenters. The molecule has 0 heterocycles. The van der Waals surface area contributed by atoms with Crippen molar-refractivity contribution in [2.75, 3.05) is 5.32 Å². The quantitative estimate of drug-likeness (QED) is 0.714. The summed E-state index contributed by atoms with van der Waals surface area (Å²) in [5.41, 5.74) is 3.14. The van der Waals surface area contributed by atoms with Crippen LogP contribution in [-0.2, 0) is 17.8 Å². The molecule has 2 aromatic carbocycles. The zero-order valence-corrected chi connectivity index (χ0v) is 15.7. The van der Waals surface area contributed by atoms with E-state index in [1.807, 2.05) is 19.1 Å². The number of anilines is 1. The summed E-state index contributed by atoms with van der Waals surface area (Å²) in [5.74, 6) is 0.0915. The Kier molecular flexibility index (Phi) is 6.37. The first-order chi connectivity index (χ1) is 11.5. The molecule has 0 bridgehead atoms. The average Bonchev–Trinajstić information content (AvgIpc) is 2.56. The number of hydrogen-bond donors (Lipinski definition) is 1. The number of amides is 1. The molecule has 2 aromatic rings. The monoisotopic (exact) mass is 393 g/mol. The first kappa shape index (κ1) is 18.5. The number of hydrogen-bond acceptors (Lipinski definition) is 2.